The first-order valence-electron chi connectivity index (χ1n) is 8.56. The minimum absolute atomic E-state index is 0.342. The predicted molar refractivity (Wildman–Crippen MR) is 106 cm³/mol. The van der Waals surface area contributed by atoms with E-state index in [-0.39, 0.29) is 0 Å². The largest absolute Gasteiger partial charge is 0.453 e. The lowest BCUT2D eigenvalue weighted by atomic mass is 10.1. The molecule has 0 radical (unpaired) electrons. The van der Waals surface area contributed by atoms with Crippen LogP contribution in [-0.2, 0) is 0 Å². The van der Waals surface area contributed by atoms with Gasteiger partial charge in [0.1, 0.15) is 5.58 Å². The molecule has 0 fully saturated rings. The summed E-state index contributed by atoms with van der Waals surface area (Å²) in [6.07, 6.45) is 0.734. The molecule has 0 amide bonds. The maximum Gasteiger partial charge on any atom is 0.185 e. The third-order valence-corrected chi connectivity index (χ3v) is 4.48. The highest BCUT2D eigenvalue weighted by molar-refractivity contribution is 5.90. The maximum atomic E-state index is 11.0. The molecule has 0 aliphatic heterocycles. The number of fused-ring (bicyclic) bond motifs is 1. The van der Waals surface area contributed by atoms with Crippen molar-refractivity contribution in [3.05, 3.63) is 89.7 Å². The molecule has 0 aliphatic rings. The first-order chi connectivity index (χ1) is 12.6. The summed E-state index contributed by atoms with van der Waals surface area (Å²) in [6.45, 7) is 4.16. The topological polar surface area (TPSA) is 33.5 Å². The Morgan fingerprint density at radius 2 is 1.27 bits per heavy atom. The fourth-order valence-corrected chi connectivity index (χ4v) is 3.08. The Kier molecular flexibility index (Phi) is 4.05. The summed E-state index contributed by atoms with van der Waals surface area (Å²) in [4.78, 5) is 13.2. The molecule has 4 rings (SSSR count). The van der Waals surface area contributed by atoms with E-state index in [1.165, 1.54) is 11.1 Å². The van der Waals surface area contributed by atoms with Gasteiger partial charge in [-0.3, -0.25) is 4.79 Å². The molecule has 0 aliphatic carbocycles. The predicted octanol–water partition coefficient (Wildman–Crippen LogP) is 6.33. The third kappa shape index (κ3) is 3.00. The highest BCUT2D eigenvalue weighted by Crippen LogP contribution is 2.36. The summed E-state index contributed by atoms with van der Waals surface area (Å²) in [5.41, 5.74) is 6.33. The van der Waals surface area contributed by atoms with E-state index in [4.69, 9.17) is 4.42 Å². The van der Waals surface area contributed by atoms with Crippen LogP contribution in [0.4, 0.5) is 17.1 Å². The van der Waals surface area contributed by atoms with Crippen LogP contribution in [0.1, 0.15) is 21.7 Å². The zero-order chi connectivity index (χ0) is 18.1. The van der Waals surface area contributed by atoms with Crippen molar-refractivity contribution in [3.8, 4) is 0 Å². The summed E-state index contributed by atoms with van der Waals surface area (Å²) < 4.78 is 5.51. The number of aldehydes is 1. The molecular formula is C23H19NO2. The number of nitrogens with zero attached hydrogens (tertiary/aromatic N) is 1. The van der Waals surface area contributed by atoms with Gasteiger partial charge in [-0.25, -0.2) is 0 Å². The highest BCUT2D eigenvalue weighted by atomic mass is 16.3. The van der Waals surface area contributed by atoms with Gasteiger partial charge in [-0.15, -0.1) is 0 Å². The normalized spacial score (nSPS) is 10.8. The van der Waals surface area contributed by atoms with Gasteiger partial charge in [-0.1, -0.05) is 35.4 Å². The second-order valence-electron chi connectivity index (χ2n) is 6.50. The molecule has 4 aromatic rings. The van der Waals surface area contributed by atoms with Gasteiger partial charge >= 0.3 is 0 Å². The number of rotatable bonds is 4. The standard InChI is InChI=1S/C23H19NO2/c1-16-3-7-19(8-4-16)24(20-9-5-17(2)6-10-20)21-11-12-23-18(13-21)14-22(15-25)26-23/h3-15H,1-2H3. The van der Waals surface area contributed by atoms with Gasteiger partial charge in [0.2, 0.25) is 0 Å². The molecule has 26 heavy (non-hydrogen) atoms. The lowest BCUT2D eigenvalue weighted by molar-refractivity contribution is 0.110. The minimum atomic E-state index is 0.342. The Morgan fingerprint density at radius 1 is 0.731 bits per heavy atom. The number of benzene rings is 3. The Morgan fingerprint density at radius 3 is 1.81 bits per heavy atom. The lowest BCUT2D eigenvalue weighted by Gasteiger charge is -2.25. The fraction of sp³-hybridized carbons (Fsp3) is 0.0870. The van der Waals surface area contributed by atoms with Gasteiger partial charge in [0.05, 0.1) is 0 Å². The number of carbonyl (C=O) groups excluding carboxylic acids is 1. The van der Waals surface area contributed by atoms with Gasteiger partial charge in [-0.2, -0.15) is 0 Å². The Hall–Kier alpha value is -3.33. The molecule has 0 saturated carbocycles. The van der Waals surface area contributed by atoms with Crippen molar-refractivity contribution < 1.29 is 9.21 Å². The van der Waals surface area contributed by atoms with Crippen LogP contribution >= 0.6 is 0 Å². The summed E-state index contributed by atoms with van der Waals surface area (Å²) in [5, 5.41) is 0.911. The van der Waals surface area contributed by atoms with Crippen molar-refractivity contribution in [2.45, 2.75) is 13.8 Å². The molecule has 0 spiro atoms. The summed E-state index contributed by atoms with van der Waals surface area (Å²) in [7, 11) is 0. The van der Waals surface area contributed by atoms with Gasteiger partial charge < -0.3 is 9.32 Å². The number of anilines is 3. The van der Waals surface area contributed by atoms with E-state index in [0.29, 0.717) is 11.3 Å². The second kappa shape index (κ2) is 6.52. The molecule has 3 heteroatoms. The Bertz CT molecular complexity index is 1010. The van der Waals surface area contributed by atoms with Gasteiger partial charge in [0.25, 0.3) is 0 Å². The van der Waals surface area contributed by atoms with Crippen LogP contribution in [0.3, 0.4) is 0 Å². The lowest BCUT2D eigenvalue weighted by Crippen LogP contribution is -2.09. The van der Waals surface area contributed by atoms with Crippen LogP contribution in [0.15, 0.2) is 77.2 Å². The highest BCUT2D eigenvalue weighted by Gasteiger charge is 2.14. The van der Waals surface area contributed by atoms with Crippen LogP contribution in [0.25, 0.3) is 11.0 Å². The third-order valence-electron chi connectivity index (χ3n) is 4.48. The molecule has 1 aromatic heterocycles. The number of furan rings is 1. The molecule has 0 saturated heterocycles. The summed E-state index contributed by atoms with van der Waals surface area (Å²) in [5.74, 6) is 0.342. The molecular weight excluding hydrogens is 322 g/mol. The van der Waals surface area contributed by atoms with E-state index < -0.39 is 0 Å². The van der Waals surface area contributed by atoms with Gasteiger partial charge in [-0.05, 0) is 62.4 Å². The zero-order valence-electron chi connectivity index (χ0n) is 14.8. The molecule has 0 atom stereocenters. The van der Waals surface area contributed by atoms with Gasteiger partial charge in [0.15, 0.2) is 12.0 Å². The number of hydrogen-bond acceptors (Lipinski definition) is 3. The summed E-state index contributed by atoms with van der Waals surface area (Å²) >= 11 is 0. The van der Waals surface area contributed by atoms with Crippen LogP contribution in [0.2, 0.25) is 0 Å². The molecule has 1 heterocycles. The van der Waals surface area contributed by atoms with Crippen LogP contribution < -0.4 is 4.90 Å². The summed E-state index contributed by atoms with van der Waals surface area (Å²) in [6, 6.07) is 24.6. The van der Waals surface area contributed by atoms with Crippen molar-refractivity contribution in [2.75, 3.05) is 4.90 Å². The van der Waals surface area contributed by atoms with Crippen molar-refractivity contribution in [3.63, 3.8) is 0 Å². The molecule has 0 N–H and O–H groups in total. The molecule has 0 unspecified atom stereocenters. The fourth-order valence-electron chi connectivity index (χ4n) is 3.08. The molecule has 3 nitrogen and oxygen atoms in total. The number of aryl methyl sites for hydroxylation is 2. The first kappa shape index (κ1) is 16.2. The first-order valence-corrected chi connectivity index (χ1v) is 8.56. The maximum absolute atomic E-state index is 11.0. The number of carbonyl (C=O) groups is 1. The van der Waals surface area contributed by atoms with E-state index >= 15 is 0 Å². The van der Waals surface area contributed by atoms with Crippen LogP contribution in [0, 0.1) is 13.8 Å². The average molecular weight is 341 g/mol. The van der Waals surface area contributed by atoms with Crippen LogP contribution in [0.5, 0.6) is 0 Å². The zero-order valence-corrected chi connectivity index (χ0v) is 14.8. The smallest absolute Gasteiger partial charge is 0.185 e. The second-order valence-corrected chi connectivity index (χ2v) is 6.50. The van der Waals surface area contributed by atoms with E-state index in [1.807, 2.05) is 18.2 Å². The molecule has 128 valence electrons. The van der Waals surface area contributed by atoms with Crippen molar-refractivity contribution >= 4 is 34.3 Å². The molecule has 0 bridgehead atoms. The quantitative estimate of drug-likeness (QED) is 0.407. The number of hydrogen-bond donors (Lipinski definition) is 0. The van der Waals surface area contributed by atoms with Crippen molar-refractivity contribution in [1.82, 2.24) is 0 Å². The van der Waals surface area contributed by atoms with E-state index in [9.17, 15) is 4.79 Å². The van der Waals surface area contributed by atoms with Crippen LogP contribution in [-0.4, -0.2) is 6.29 Å². The minimum Gasteiger partial charge on any atom is -0.453 e. The Balaban J connectivity index is 1.87. The molecule has 3 aromatic carbocycles. The SMILES string of the molecule is Cc1ccc(N(c2ccc(C)cc2)c2ccc3oc(C=O)cc3c2)cc1. The van der Waals surface area contributed by atoms with Crippen molar-refractivity contribution in [1.29, 1.82) is 0 Å². The van der Waals surface area contributed by atoms with E-state index in [1.54, 1.807) is 6.07 Å². The van der Waals surface area contributed by atoms with E-state index in [0.717, 1.165) is 28.7 Å². The van der Waals surface area contributed by atoms with Crippen molar-refractivity contribution in [2.24, 2.45) is 0 Å². The monoisotopic (exact) mass is 341 g/mol. The Labute approximate surface area is 152 Å². The van der Waals surface area contributed by atoms with E-state index in [2.05, 4.69) is 67.3 Å². The van der Waals surface area contributed by atoms with Gasteiger partial charge in [0, 0.05) is 22.4 Å². The average Bonchev–Trinajstić information content (AvgIpc) is 3.08.